The van der Waals surface area contributed by atoms with Gasteiger partial charge in [0.1, 0.15) is 13.2 Å². The normalized spacial score (nSPS) is 15.3. The van der Waals surface area contributed by atoms with Crippen LogP contribution in [0.25, 0.3) is 0 Å². The van der Waals surface area contributed by atoms with E-state index in [1.165, 1.54) is 11.3 Å². The minimum absolute atomic E-state index is 0.261. The highest BCUT2D eigenvalue weighted by Gasteiger charge is 2.21. The number of rotatable bonds is 2. The van der Waals surface area contributed by atoms with Gasteiger partial charge in [-0.05, 0) is 29.8 Å². The summed E-state index contributed by atoms with van der Waals surface area (Å²) in [7, 11) is 0. The Hall–Kier alpha value is -0.420. The Morgan fingerprint density at radius 1 is 1.16 bits per heavy atom. The Bertz CT molecular complexity index is 615. The third-order valence-electron chi connectivity index (χ3n) is 2.78. The highest BCUT2D eigenvalue weighted by molar-refractivity contribution is 9.10. The summed E-state index contributed by atoms with van der Waals surface area (Å²) in [6.07, 6.45) is 0. The molecule has 0 fully saturated rings. The Balaban J connectivity index is 2.00. The molecule has 0 spiro atoms. The van der Waals surface area contributed by atoms with E-state index in [1.807, 2.05) is 24.3 Å². The second-order valence-electron chi connectivity index (χ2n) is 4.02. The van der Waals surface area contributed by atoms with Gasteiger partial charge in [0.25, 0.3) is 0 Å². The van der Waals surface area contributed by atoms with Crippen LogP contribution in [-0.4, -0.2) is 13.2 Å². The molecule has 0 saturated carbocycles. The molecule has 6 heteroatoms. The topological polar surface area (TPSA) is 18.5 Å². The lowest BCUT2D eigenvalue weighted by molar-refractivity contribution is 0.171. The van der Waals surface area contributed by atoms with Crippen LogP contribution in [0, 0.1) is 0 Å². The summed E-state index contributed by atoms with van der Waals surface area (Å²) in [6.45, 7) is 1.13. The zero-order chi connectivity index (χ0) is 13.4. The number of fused-ring (bicyclic) bond motifs is 1. The number of ether oxygens (including phenoxy) is 2. The maximum Gasteiger partial charge on any atom is 0.162 e. The SMILES string of the molecule is Clc1ccc(C(Cl)c2cc3c(cc2Br)OCCO3)s1. The van der Waals surface area contributed by atoms with Crippen molar-refractivity contribution < 1.29 is 9.47 Å². The van der Waals surface area contributed by atoms with Crippen molar-refractivity contribution >= 4 is 50.5 Å². The summed E-state index contributed by atoms with van der Waals surface area (Å²) < 4.78 is 12.8. The predicted molar refractivity (Wildman–Crippen MR) is 82.2 cm³/mol. The van der Waals surface area contributed by atoms with E-state index in [2.05, 4.69) is 15.9 Å². The Morgan fingerprint density at radius 2 is 1.84 bits per heavy atom. The zero-order valence-electron chi connectivity index (χ0n) is 9.66. The van der Waals surface area contributed by atoms with Gasteiger partial charge < -0.3 is 9.47 Å². The van der Waals surface area contributed by atoms with Gasteiger partial charge in [0.05, 0.1) is 9.71 Å². The van der Waals surface area contributed by atoms with Gasteiger partial charge in [0, 0.05) is 9.35 Å². The van der Waals surface area contributed by atoms with Gasteiger partial charge in [0.2, 0.25) is 0 Å². The van der Waals surface area contributed by atoms with Gasteiger partial charge in [-0.25, -0.2) is 0 Å². The van der Waals surface area contributed by atoms with Crippen molar-refractivity contribution in [1.82, 2.24) is 0 Å². The van der Waals surface area contributed by atoms with E-state index in [0.29, 0.717) is 13.2 Å². The van der Waals surface area contributed by atoms with Crippen molar-refractivity contribution in [3.8, 4) is 11.5 Å². The first-order valence-electron chi connectivity index (χ1n) is 5.63. The molecule has 0 bridgehead atoms. The maximum absolute atomic E-state index is 6.52. The molecule has 0 N–H and O–H groups in total. The molecule has 0 aliphatic carbocycles. The molecule has 0 saturated heterocycles. The van der Waals surface area contributed by atoms with E-state index in [-0.39, 0.29) is 5.38 Å². The number of thiophene rings is 1. The molecule has 1 aliphatic heterocycles. The number of halogens is 3. The van der Waals surface area contributed by atoms with Crippen molar-refractivity contribution in [2.24, 2.45) is 0 Å². The molecule has 0 amide bonds. The van der Waals surface area contributed by atoms with Crippen LogP contribution >= 0.6 is 50.5 Å². The van der Waals surface area contributed by atoms with Crippen LogP contribution in [0.15, 0.2) is 28.7 Å². The summed E-state index contributed by atoms with van der Waals surface area (Å²) in [4.78, 5) is 1.00. The molecular weight excluding hydrogens is 371 g/mol. The van der Waals surface area contributed by atoms with Gasteiger partial charge in [-0.3, -0.25) is 0 Å². The lowest BCUT2D eigenvalue weighted by Crippen LogP contribution is -2.15. The van der Waals surface area contributed by atoms with Crippen molar-refractivity contribution in [2.45, 2.75) is 5.38 Å². The fourth-order valence-electron chi connectivity index (χ4n) is 1.89. The number of hydrogen-bond donors (Lipinski definition) is 0. The second-order valence-corrected chi connectivity index (χ2v) is 7.06. The van der Waals surface area contributed by atoms with E-state index < -0.39 is 0 Å². The molecule has 1 aromatic heterocycles. The summed E-state index contributed by atoms with van der Waals surface area (Å²) in [5.41, 5.74) is 0.949. The molecule has 2 aromatic rings. The van der Waals surface area contributed by atoms with E-state index >= 15 is 0 Å². The minimum atomic E-state index is -0.261. The lowest BCUT2D eigenvalue weighted by atomic mass is 10.1. The van der Waals surface area contributed by atoms with Crippen molar-refractivity contribution in [1.29, 1.82) is 0 Å². The largest absolute Gasteiger partial charge is 0.486 e. The molecule has 1 atom stereocenters. The molecule has 2 nitrogen and oxygen atoms in total. The smallest absolute Gasteiger partial charge is 0.162 e. The number of alkyl halides is 1. The fraction of sp³-hybridized carbons (Fsp3) is 0.231. The first-order chi connectivity index (χ1) is 9.15. The fourth-order valence-corrected chi connectivity index (χ4v) is 4.02. The second kappa shape index (κ2) is 5.52. The van der Waals surface area contributed by atoms with Crippen LogP contribution in [0.3, 0.4) is 0 Å². The van der Waals surface area contributed by atoms with Crippen LogP contribution in [0.1, 0.15) is 15.8 Å². The van der Waals surface area contributed by atoms with Crippen LogP contribution in [0.2, 0.25) is 4.34 Å². The van der Waals surface area contributed by atoms with Gasteiger partial charge >= 0.3 is 0 Å². The summed E-state index contributed by atoms with van der Waals surface area (Å²) >= 11 is 17.5. The van der Waals surface area contributed by atoms with Gasteiger partial charge in [0.15, 0.2) is 11.5 Å². The molecule has 1 aliphatic rings. The average molecular weight is 380 g/mol. The molecular formula is C13H9BrCl2O2S. The Labute approximate surface area is 133 Å². The van der Waals surface area contributed by atoms with Crippen LogP contribution in [0.4, 0.5) is 0 Å². The van der Waals surface area contributed by atoms with Crippen LogP contribution < -0.4 is 9.47 Å². The summed E-state index contributed by atoms with van der Waals surface area (Å²) in [5, 5.41) is -0.261. The molecule has 19 heavy (non-hydrogen) atoms. The third kappa shape index (κ3) is 2.72. The van der Waals surface area contributed by atoms with Gasteiger partial charge in [-0.15, -0.1) is 22.9 Å². The van der Waals surface area contributed by atoms with Crippen molar-refractivity contribution in [2.75, 3.05) is 13.2 Å². The Kier molecular flexibility index (Phi) is 3.94. The van der Waals surface area contributed by atoms with Crippen molar-refractivity contribution in [3.63, 3.8) is 0 Å². The number of benzene rings is 1. The molecule has 3 rings (SSSR count). The van der Waals surface area contributed by atoms with E-state index in [1.54, 1.807) is 0 Å². The van der Waals surface area contributed by atoms with Gasteiger partial charge in [-0.1, -0.05) is 27.5 Å². The van der Waals surface area contributed by atoms with E-state index in [0.717, 1.165) is 30.7 Å². The third-order valence-corrected chi connectivity index (χ3v) is 5.36. The number of hydrogen-bond acceptors (Lipinski definition) is 3. The minimum Gasteiger partial charge on any atom is -0.486 e. The maximum atomic E-state index is 6.52. The molecule has 1 aromatic carbocycles. The van der Waals surface area contributed by atoms with Crippen LogP contribution in [0.5, 0.6) is 11.5 Å². The van der Waals surface area contributed by atoms with Crippen LogP contribution in [-0.2, 0) is 0 Å². The molecule has 1 unspecified atom stereocenters. The Morgan fingerprint density at radius 3 is 2.47 bits per heavy atom. The lowest BCUT2D eigenvalue weighted by Gasteiger charge is -2.21. The highest BCUT2D eigenvalue weighted by Crippen LogP contribution is 2.43. The summed E-state index contributed by atoms with van der Waals surface area (Å²) in [5.74, 6) is 1.48. The summed E-state index contributed by atoms with van der Waals surface area (Å²) in [6, 6.07) is 7.61. The monoisotopic (exact) mass is 378 g/mol. The highest BCUT2D eigenvalue weighted by atomic mass is 79.9. The molecule has 100 valence electrons. The molecule has 2 heterocycles. The van der Waals surface area contributed by atoms with Gasteiger partial charge in [-0.2, -0.15) is 0 Å². The first kappa shape index (κ1) is 13.6. The molecule has 0 radical (unpaired) electrons. The quantitative estimate of drug-likeness (QED) is 0.662. The average Bonchev–Trinajstić information content (AvgIpc) is 2.84. The zero-order valence-corrected chi connectivity index (χ0v) is 13.6. The van der Waals surface area contributed by atoms with E-state index in [9.17, 15) is 0 Å². The standard InChI is InChI=1S/C13H9BrCl2O2S/c14-8-6-10-9(17-3-4-18-10)5-7(8)13(16)11-1-2-12(15)19-11/h1-2,5-6,13H,3-4H2. The first-order valence-corrected chi connectivity index (χ1v) is 8.06. The predicted octanol–water partition coefficient (Wildman–Crippen LogP) is 5.26. The van der Waals surface area contributed by atoms with Crippen molar-refractivity contribution in [3.05, 3.63) is 43.5 Å². The van der Waals surface area contributed by atoms with E-state index in [4.69, 9.17) is 32.7 Å².